The topological polar surface area (TPSA) is 62.6 Å². The van der Waals surface area contributed by atoms with Gasteiger partial charge in [0.25, 0.3) is 0 Å². The molecule has 0 spiro atoms. The molecule has 6 nitrogen and oxygen atoms in total. The standard InChI is InChI=1S/C19H27N3O3S/c1-13-12-16(26(24,25)20(4)5)7-8-17(13)19(23)22-11-10-21-14(2)6-9-18(21)15(22)3/h6-9,12-13,15,17H,10-11H2,1-5H3. The van der Waals surface area contributed by atoms with Crippen molar-refractivity contribution in [1.29, 1.82) is 0 Å². The van der Waals surface area contributed by atoms with Gasteiger partial charge in [-0.3, -0.25) is 4.79 Å². The molecule has 3 atom stereocenters. The lowest BCUT2D eigenvalue weighted by Crippen LogP contribution is -2.45. The molecule has 1 aromatic rings. The summed E-state index contributed by atoms with van der Waals surface area (Å²) in [7, 11) is -0.451. The Morgan fingerprint density at radius 3 is 2.50 bits per heavy atom. The molecule has 1 aromatic heterocycles. The van der Waals surface area contributed by atoms with Crippen molar-refractivity contribution in [2.24, 2.45) is 11.8 Å². The van der Waals surface area contributed by atoms with E-state index in [0.29, 0.717) is 6.54 Å². The van der Waals surface area contributed by atoms with Gasteiger partial charge in [0.1, 0.15) is 0 Å². The van der Waals surface area contributed by atoms with Crippen LogP contribution < -0.4 is 0 Å². The predicted octanol–water partition coefficient (Wildman–Crippen LogP) is 2.30. The molecule has 1 aliphatic heterocycles. The molecule has 3 unspecified atom stereocenters. The summed E-state index contributed by atoms with van der Waals surface area (Å²) in [6, 6.07) is 4.19. The summed E-state index contributed by atoms with van der Waals surface area (Å²) in [6.07, 6.45) is 5.01. The second kappa shape index (κ2) is 6.70. The van der Waals surface area contributed by atoms with Crippen LogP contribution in [0.2, 0.25) is 0 Å². The number of allylic oxidation sites excluding steroid dienone is 2. The first-order valence-electron chi connectivity index (χ1n) is 8.93. The van der Waals surface area contributed by atoms with Crippen LogP contribution in [0.1, 0.15) is 31.3 Å². The number of aryl methyl sites for hydroxylation is 1. The SMILES string of the molecule is Cc1ccc2n1CCN(C(=O)C1C=CC(S(=O)(=O)N(C)C)=CC1C)C2C. The summed E-state index contributed by atoms with van der Waals surface area (Å²) < 4.78 is 28.1. The van der Waals surface area contributed by atoms with Gasteiger partial charge in [0.2, 0.25) is 15.9 Å². The number of carbonyl (C=O) groups is 1. The third kappa shape index (κ3) is 3.03. The molecule has 1 aliphatic carbocycles. The Labute approximate surface area is 155 Å². The molecule has 7 heteroatoms. The molecule has 0 saturated heterocycles. The van der Waals surface area contributed by atoms with Crippen molar-refractivity contribution in [2.75, 3.05) is 20.6 Å². The highest BCUT2D eigenvalue weighted by Gasteiger charge is 2.35. The average molecular weight is 378 g/mol. The molecule has 0 fully saturated rings. The number of hydrogen-bond acceptors (Lipinski definition) is 3. The molecule has 2 heterocycles. The number of rotatable bonds is 3. The van der Waals surface area contributed by atoms with Crippen molar-refractivity contribution < 1.29 is 13.2 Å². The molecule has 0 N–H and O–H groups in total. The first kappa shape index (κ1) is 18.9. The largest absolute Gasteiger partial charge is 0.345 e. The molecule has 0 aromatic carbocycles. The summed E-state index contributed by atoms with van der Waals surface area (Å²) >= 11 is 0. The first-order chi connectivity index (χ1) is 12.1. The van der Waals surface area contributed by atoms with Gasteiger partial charge in [0, 0.05) is 38.6 Å². The molecule has 1 amide bonds. The minimum atomic E-state index is -3.48. The van der Waals surface area contributed by atoms with Crippen LogP contribution in [-0.4, -0.2) is 48.7 Å². The monoisotopic (exact) mass is 377 g/mol. The van der Waals surface area contributed by atoms with E-state index in [1.54, 1.807) is 18.2 Å². The fraction of sp³-hybridized carbons (Fsp3) is 0.526. The van der Waals surface area contributed by atoms with Crippen molar-refractivity contribution >= 4 is 15.9 Å². The summed E-state index contributed by atoms with van der Waals surface area (Å²) in [6.45, 7) is 7.50. The molecule has 0 radical (unpaired) electrons. The predicted molar refractivity (Wildman–Crippen MR) is 102 cm³/mol. The highest BCUT2D eigenvalue weighted by atomic mass is 32.2. The molecule has 0 bridgehead atoms. The maximum atomic E-state index is 13.2. The Morgan fingerprint density at radius 2 is 1.88 bits per heavy atom. The number of aromatic nitrogens is 1. The fourth-order valence-corrected chi connectivity index (χ4v) is 4.85. The van der Waals surface area contributed by atoms with Crippen LogP contribution >= 0.6 is 0 Å². The van der Waals surface area contributed by atoms with Crippen LogP contribution in [0.15, 0.2) is 35.3 Å². The van der Waals surface area contributed by atoms with E-state index in [2.05, 4.69) is 30.5 Å². The fourth-order valence-electron chi connectivity index (χ4n) is 3.80. The quantitative estimate of drug-likeness (QED) is 0.812. The van der Waals surface area contributed by atoms with Crippen LogP contribution in [0.5, 0.6) is 0 Å². The minimum absolute atomic E-state index is 0.0152. The van der Waals surface area contributed by atoms with Crippen LogP contribution in [0, 0.1) is 18.8 Å². The van der Waals surface area contributed by atoms with Crippen LogP contribution in [-0.2, 0) is 21.4 Å². The Hall–Kier alpha value is -1.86. The van der Waals surface area contributed by atoms with Gasteiger partial charge in [-0.15, -0.1) is 0 Å². The normalized spacial score (nSPS) is 26.0. The lowest BCUT2D eigenvalue weighted by atomic mass is 9.88. The zero-order chi connectivity index (χ0) is 19.2. The van der Waals surface area contributed by atoms with Gasteiger partial charge in [0.05, 0.1) is 16.9 Å². The number of nitrogens with zero attached hydrogens (tertiary/aromatic N) is 3. The van der Waals surface area contributed by atoms with Gasteiger partial charge in [-0.05, 0) is 38.0 Å². The molecule has 0 saturated carbocycles. The number of amides is 1. The summed E-state index contributed by atoms with van der Waals surface area (Å²) in [4.78, 5) is 15.3. The van der Waals surface area contributed by atoms with E-state index in [4.69, 9.17) is 0 Å². The van der Waals surface area contributed by atoms with Gasteiger partial charge in [-0.1, -0.05) is 19.1 Å². The van der Waals surface area contributed by atoms with Gasteiger partial charge >= 0.3 is 0 Å². The third-order valence-corrected chi connectivity index (χ3v) is 7.33. The Bertz CT molecular complexity index is 880. The zero-order valence-electron chi connectivity index (χ0n) is 16.0. The van der Waals surface area contributed by atoms with Gasteiger partial charge in [-0.2, -0.15) is 0 Å². The summed E-state index contributed by atoms with van der Waals surface area (Å²) in [5.74, 6) is -0.440. The number of hydrogen-bond donors (Lipinski definition) is 0. The van der Waals surface area contributed by atoms with Gasteiger partial charge < -0.3 is 9.47 Å². The molecule has 2 aliphatic rings. The van der Waals surface area contributed by atoms with E-state index in [1.165, 1.54) is 24.1 Å². The lowest BCUT2D eigenvalue weighted by Gasteiger charge is -2.38. The van der Waals surface area contributed by atoms with E-state index in [0.717, 1.165) is 12.2 Å². The van der Waals surface area contributed by atoms with E-state index in [9.17, 15) is 13.2 Å². The third-order valence-electron chi connectivity index (χ3n) is 5.50. The number of carbonyl (C=O) groups excluding carboxylic acids is 1. The van der Waals surface area contributed by atoms with Crippen molar-refractivity contribution in [3.8, 4) is 0 Å². The highest BCUT2D eigenvalue weighted by molar-refractivity contribution is 7.93. The van der Waals surface area contributed by atoms with Gasteiger partial charge in [-0.25, -0.2) is 12.7 Å². The molecule has 142 valence electrons. The maximum absolute atomic E-state index is 13.2. The Balaban J connectivity index is 1.80. The highest BCUT2D eigenvalue weighted by Crippen LogP contribution is 2.33. The minimum Gasteiger partial charge on any atom is -0.345 e. The molecule has 3 rings (SSSR count). The lowest BCUT2D eigenvalue weighted by molar-refractivity contribution is -0.138. The summed E-state index contributed by atoms with van der Waals surface area (Å²) in [5, 5.41) is 0. The van der Waals surface area contributed by atoms with E-state index in [1.807, 2.05) is 11.8 Å². The molecular formula is C19H27N3O3S. The number of sulfonamides is 1. The van der Waals surface area contributed by atoms with Crippen LogP contribution in [0.3, 0.4) is 0 Å². The van der Waals surface area contributed by atoms with Crippen molar-refractivity contribution in [2.45, 2.75) is 33.4 Å². The van der Waals surface area contributed by atoms with Crippen LogP contribution in [0.4, 0.5) is 0 Å². The van der Waals surface area contributed by atoms with E-state index in [-0.39, 0.29) is 28.7 Å². The van der Waals surface area contributed by atoms with Crippen molar-refractivity contribution in [1.82, 2.24) is 13.8 Å². The number of fused-ring (bicyclic) bond motifs is 1. The first-order valence-corrected chi connectivity index (χ1v) is 10.4. The Kier molecular flexibility index (Phi) is 4.88. The van der Waals surface area contributed by atoms with Crippen LogP contribution in [0.25, 0.3) is 0 Å². The van der Waals surface area contributed by atoms with E-state index >= 15 is 0 Å². The Morgan fingerprint density at radius 1 is 1.19 bits per heavy atom. The van der Waals surface area contributed by atoms with Crippen molar-refractivity contribution in [3.63, 3.8) is 0 Å². The average Bonchev–Trinajstić information content (AvgIpc) is 2.96. The second-order valence-electron chi connectivity index (χ2n) is 7.36. The van der Waals surface area contributed by atoms with Gasteiger partial charge in [0.15, 0.2) is 0 Å². The van der Waals surface area contributed by atoms with E-state index < -0.39 is 10.0 Å². The molecular weight excluding hydrogens is 350 g/mol. The van der Waals surface area contributed by atoms with Crippen molar-refractivity contribution in [3.05, 3.63) is 46.7 Å². The summed E-state index contributed by atoms with van der Waals surface area (Å²) in [5.41, 5.74) is 2.37. The second-order valence-corrected chi connectivity index (χ2v) is 9.51. The zero-order valence-corrected chi connectivity index (χ0v) is 16.8. The smallest absolute Gasteiger partial charge is 0.242 e. The maximum Gasteiger partial charge on any atom is 0.242 e. The molecule has 26 heavy (non-hydrogen) atoms.